The molecule has 0 aliphatic carbocycles. The number of halogens is 3. The number of anilines is 3. The van der Waals surface area contributed by atoms with Crippen LogP contribution in [0.2, 0.25) is 0 Å². The van der Waals surface area contributed by atoms with E-state index in [0.717, 1.165) is 49.9 Å². The van der Waals surface area contributed by atoms with E-state index in [-0.39, 0.29) is 22.5 Å². The summed E-state index contributed by atoms with van der Waals surface area (Å²) < 4.78 is 41.0. The van der Waals surface area contributed by atoms with Crippen molar-refractivity contribution in [2.45, 2.75) is 12.8 Å². The summed E-state index contributed by atoms with van der Waals surface area (Å²) in [4.78, 5) is 36.6. The Hall–Kier alpha value is -4.47. The maximum absolute atomic E-state index is 14.6. The van der Waals surface area contributed by atoms with Gasteiger partial charge in [-0.2, -0.15) is 0 Å². The average molecular weight is 491 g/mol. The van der Waals surface area contributed by atoms with Gasteiger partial charge in [0.05, 0.1) is 22.8 Å². The summed E-state index contributed by atoms with van der Waals surface area (Å²) in [6.07, 6.45) is 3.87. The number of benzene rings is 3. The highest BCUT2D eigenvalue weighted by Crippen LogP contribution is 2.23. The van der Waals surface area contributed by atoms with Crippen LogP contribution in [0.5, 0.6) is 0 Å². The summed E-state index contributed by atoms with van der Waals surface area (Å²) in [5.74, 6) is -2.78. The van der Waals surface area contributed by atoms with Crippen LogP contribution in [-0.4, -0.2) is 34.9 Å². The number of carbonyl (C=O) groups excluding carboxylic acids is 2. The Morgan fingerprint density at radius 1 is 0.778 bits per heavy atom. The van der Waals surface area contributed by atoms with Gasteiger partial charge in [-0.05, 0) is 61.4 Å². The molecule has 0 saturated carbocycles. The SMILES string of the molecule is O=C(Nc1ccc(F)c(F)c1)Nc1ccc(F)c(C(=O)c2ccc3ncc(N4CCCC4)nc3c2)c1. The van der Waals surface area contributed by atoms with Crippen molar-refractivity contribution in [2.75, 3.05) is 28.6 Å². The highest BCUT2D eigenvalue weighted by Gasteiger charge is 2.18. The molecule has 2 amide bonds. The zero-order valence-corrected chi connectivity index (χ0v) is 18.9. The van der Waals surface area contributed by atoms with Gasteiger partial charge in [0.2, 0.25) is 0 Å². The van der Waals surface area contributed by atoms with Gasteiger partial charge in [0.25, 0.3) is 0 Å². The van der Waals surface area contributed by atoms with Crippen LogP contribution in [0.4, 0.5) is 35.2 Å². The number of ketones is 1. The van der Waals surface area contributed by atoms with E-state index in [1.54, 1.807) is 24.4 Å². The molecule has 2 heterocycles. The Morgan fingerprint density at radius 3 is 2.19 bits per heavy atom. The van der Waals surface area contributed by atoms with Crippen LogP contribution in [0.25, 0.3) is 11.0 Å². The number of fused-ring (bicyclic) bond motifs is 1. The van der Waals surface area contributed by atoms with Crippen LogP contribution < -0.4 is 15.5 Å². The Labute approximate surface area is 204 Å². The average Bonchev–Trinajstić information content (AvgIpc) is 3.41. The van der Waals surface area contributed by atoms with Crippen LogP contribution in [-0.2, 0) is 0 Å². The van der Waals surface area contributed by atoms with Crippen LogP contribution in [0.15, 0.2) is 60.8 Å². The number of hydrogen-bond acceptors (Lipinski definition) is 5. The maximum atomic E-state index is 14.6. The molecule has 0 atom stereocenters. The first-order valence-corrected chi connectivity index (χ1v) is 11.3. The Kier molecular flexibility index (Phi) is 6.24. The third kappa shape index (κ3) is 4.83. The number of aromatic nitrogens is 2. The first-order valence-electron chi connectivity index (χ1n) is 11.3. The van der Waals surface area contributed by atoms with Gasteiger partial charge in [-0.15, -0.1) is 0 Å². The minimum absolute atomic E-state index is 0.0235. The molecule has 1 fully saturated rings. The van der Waals surface area contributed by atoms with E-state index in [2.05, 4.69) is 25.5 Å². The molecule has 4 aromatic rings. The first-order chi connectivity index (χ1) is 17.4. The monoisotopic (exact) mass is 491 g/mol. The van der Waals surface area contributed by atoms with E-state index in [9.17, 15) is 22.8 Å². The van der Waals surface area contributed by atoms with E-state index in [0.29, 0.717) is 11.0 Å². The zero-order chi connectivity index (χ0) is 25.2. The first kappa shape index (κ1) is 23.3. The molecule has 1 aliphatic heterocycles. The van der Waals surface area contributed by atoms with Crippen LogP contribution in [0.1, 0.15) is 28.8 Å². The Balaban J connectivity index is 1.36. The van der Waals surface area contributed by atoms with Crippen LogP contribution in [0, 0.1) is 17.5 Å². The van der Waals surface area contributed by atoms with Crippen molar-refractivity contribution in [1.29, 1.82) is 0 Å². The summed E-state index contributed by atoms with van der Waals surface area (Å²) in [5, 5.41) is 4.80. The molecule has 0 bridgehead atoms. The molecular weight excluding hydrogens is 471 g/mol. The normalized spacial score (nSPS) is 13.1. The van der Waals surface area contributed by atoms with Gasteiger partial charge in [0.1, 0.15) is 11.6 Å². The van der Waals surface area contributed by atoms with E-state index < -0.39 is 29.3 Å². The summed E-state index contributed by atoms with van der Waals surface area (Å²) in [6, 6.07) is 10.4. The van der Waals surface area contributed by atoms with Crippen LogP contribution >= 0.6 is 0 Å². The lowest BCUT2D eigenvalue weighted by molar-refractivity contribution is 0.103. The molecule has 0 unspecified atom stereocenters. The molecule has 36 heavy (non-hydrogen) atoms. The molecule has 1 saturated heterocycles. The number of nitrogens with one attached hydrogen (secondary N) is 2. The van der Waals surface area contributed by atoms with Crippen molar-refractivity contribution in [1.82, 2.24) is 9.97 Å². The molecule has 5 rings (SSSR count). The Bertz CT molecular complexity index is 1490. The predicted molar refractivity (Wildman–Crippen MR) is 130 cm³/mol. The number of amides is 2. The molecule has 10 heteroatoms. The molecule has 2 N–H and O–H groups in total. The largest absolute Gasteiger partial charge is 0.355 e. The van der Waals surface area contributed by atoms with E-state index in [4.69, 9.17) is 0 Å². The van der Waals surface area contributed by atoms with Gasteiger partial charge < -0.3 is 15.5 Å². The second-order valence-electron chi connectivity index (χ2n) is 8.36. The fourth-order valence-corrected chi connectivity index (χ4v) is 4.04. The number of hydrogen-bond donors (Lipinski definition) is 2. The standard InChI is InChI=1S/C26H20F3N5O2/c27-19-6-4-16(31-26(36)32-17-5-7-20(28)21(29)13-17)12-18(19)25(35)15-3-8-22-23(11-15)33-24(14-30-22)34-9-1-2-10-34/h3-8,11-14H,1-2,9-10H2,(H2,31,32,36). The van der Waals surface area contributed by atoms with Gasteiger partial charge in [-0.3, -0.25) is 9.78 Å². The third-order valence-electron chi connectivity index (χ3n) is 5.87. The Morgan fingerprint density at radius 2 is 1.47 bits per heavy atom. The van der Waals surface area contributed by atoms with Gasteiger partial charge in [0, 0.05) is 36.1 Å². The highest BCUT2D eigenvalue weighted by atomic mass is 19.2. The fourth-order valence-electron chi connectivity index (χ4n) is 4.04. The molecular formula is C26H20F3N5O2. The van der Waals surface area contributed by atoms with Gasteiger partial charge in [-0.25, -0.2) is 22.9 Å². The minimum atomic E-state index is -1.12. The topological polar surface area (TPSA) is 87.2 Å². The summed E-state index contributed by atoms with van der Waals surface area (Å²) >= 11 is 0. The number of rotatable bonds is 5. The van der Waals surface area contributed by atoms with Crippen molar-refractivity contribution in [2.24, 2.45) is 0 Å². The summed E-state index contributed by atoms with van der Waals surface area (Å²) in [6.45, 7) is 1.79. The quantitative estimate of drug-likeness (QED) is 0.359. The number of urea groups is 1. The van der Waals surface area contributed by atoms with Crippen molar-refractivity contribution in [3.63, 3.8) is 0 Å². The second kappa shape index (κ2) is 9.65. The van der Waals surface area contributed by atoms with Crippen molar-refractivity contribution in [3.8, 4) is 0 Å². The predicted octanol–water partition coefficient (Wildman–Crippen LogP) is 5.52. The van der Waals surface area contributed by atoms with E-state index in [1.165, 1.54) is 18.2 Å². The lowest BCUT2D eigenvalue weighted by atomic mass is 10.0. The zero-order valence-electron chi connectivity index (χ0n) is 18.9. The third-order valence-corrected chi connectivity index (χ3v) is 5.87. The van der Waals surface area contributed by atoms with Crippen molar-refractivity contribution in [3.05, 3.63) is 89.4 Å². The van der Waals surface area contributed by atoms with Crippen LogP contribution in [0.3, 0.4) is 0 Å². The van der Waals surface area contributed by atoms with Gasteiger partial charge in [-0.1, -0.05) is 0 Å². The minimum Gasteiger partial charge on any atom is -0.355 e. The van der Waals surface area contributed by atoms with Gasteiger partial charge >= 0.3 is 6.03 Å². The van der Waals surface area contributed by atoms with Gasteiger partial charge in [0.15, 0.2) is 17.4 Å². The molecule has 3 aromatic carbocycles. The van der Waals surface area contributed by atoms with Crippen molar-refractivity contribution < 1.29 is 22.8 Å². The summed E-state index contributed by atoms with van der Waals surface area (Å²) in [7, 11) is 0. The fraction of sp³-hybridized carbons (Fsp3) is 0.154. The molecule has 0 spiro atoms. The smallest absolute Gasteiger partial charge is 0.323 e. The number of nitrogens with zero attached hydrogens (tertiary/aromatic N) is 3. The number of carbonyl (C=O) groups is 2. The van der Waals surface area contributed by atoms with Crippen molar-refractivity contribution >= 4 is 40.0 Å². The molecule has 1 aromatic heterocycles. The van der Waals surface area contributed by atoms with E-state index >= 15 is 0 Å². The second-order valence-corrected chi connectivity index (χ2v) is 8.36. The molecule has 1 aliphatic rings. The highest BCUT2D eigenvalue weighted by molar-refractivity contribution is 6.11. The summed E-state index contributed by atoms with van der Waals surface area (Å²) in [5.41, 5.74) is 1.26. The molecule has 0 radical (unpaired) electrons. The van der Waals surface area contributed by atoms with E-state index in [1.807, 2.05) is 0 Å². The molecule has 7 nitrogen and oxygen atoms in total. The lowest BCUT2D eigenvalue weighted by Crippen LogP contribution is -2.20. The maximum Gasteiger partial charge on any atom is 0.323 e. The lowest BCUT2D eigenvalue weighted by Gasteiger charge is -2.16. The molecule has 182 valence electrons.